The van der Waals surface area contributed by atoms with Gasteiger partial charge in [0.05, 0.1) is 11.6 Å². The number of halogens is 1. The molecule has 2 aromatic rings. The molecule has 0 spiro atoms. The number of nitriles is 1. The Bertz CT molecular complexity index is 587. The zero-order valence-electron chi connectivity index (χ0n) is 10.7. The second-order valence-corrected chi connectivity index (χ2v) is 4.43. The first kappa shape index (κ1) is 13.3. The third kappa shape index (κ3) is 3.40. The Labute approximate surface area is 112 Å². The van der Waals surface area contributed by atoms with E-state index in [1.54, 1.807) is 12.1 Å². The van der Waals surface area contributed by atoms with E-state index in [9.17, 15) is 4.39 Å². The summed E-state index contributed by atoms with van der Waals surface area (Å²) in [5.74, 6) is -0.341. The molecule has 3 heteroatoms. The van der Waals surface area contributed by atoms with E-state index in [-0.39, 0.29) is 11.9 Å². The van der Waals surface area contributed by atoms with Crippen LogP contribution in [-0.4, -0.2) is 0 Å². The summed E-state index contributed by atoms with van der Waals surface area (Å²) in [6, 6.07) is 16.6. The molecule has 0 amide bonds. The van der Waals surface area contributed by atoms with Crippen LogP contribution >= 0.6 is 0 Å². The van der Waals surface area contributed by atoms with Crippen molar-refractivity contribution in [1.82, 2.24) is 5.32 Å². The Balaban J connectivity index is 2.01. The van der Waals surface area contributed by atoms with Gasteiger partial charge >= 0.3 is 0 Å². The molecule has 2 nitrogen and oxygen atoms in total. The van der Waals surface area contributed by atoms with Gasteiger partial charge in [-0.1, -0.05) is 36.4 Å². The quantitative estimate of drug-likeness (QED) is 0.905. The summed E-state index contributed by atoms with van der Waals surface area (Å²) in [6.07, 6.45) is 0. The van der Waals surface area contributed by atoms with Gasteiger partial charge < -0.3 is 5.32 Å². The molecule has 0 radical (unpaired) electrons. The Kier molecular flexibility index (Phi) is 4.27. The fourth-order valence-electron chi connectivity index (χ4n) is 1.88. The fraction of sp³-hybridized carbons (Fsp3) is 0.188. The Morgan fingerprint density at radius 2 is 1.95 bits per heavy atom. The Morgan fingerprint density at radius 3 is 2.58 bits per heavy atom. The number of benzene rings is 2. The highest BCUT2D eigenvalue weighted by molar-refractivity contribution is 5.33. The minimum atomic E-state index is -0.341. The van der Waals surface area contributed by atoms with Crippen molar-refractivity contribution in [3.8, 4) is 6.07 Å². The molecule has 0 fully saturated rings. The van der Waals surface area contributed by atoms with Gasteiger partial charge in [-0.05, 0) is 24.6 Å². The highest BCUT2D eigenvalue weighted by Gasteiger charge is 2.07. The van der Waals surface area contributed by atoms with E-state index < -0.39 is 0 Å². The molecular weight excluding hydrogens is 239 g/mol. The van der Waals surface area contributed by atoms with Gasteiger partial charge in [-0.25, -0.2) is 4.39 Å². The van der Waals surface area contributed by atoms with E-state index in [0.717, 1.165) is 5.56 Å². The molecule has 0 aliphatic carbocycles. The van der Waals surface area contributed by atoms with Crippen LogP contribution in [0.2, 0.25) is 0 Å². The minimum absolute atomic E-state index is 0.149. The van der Waals surface area contributed by atoms with Crippen LogP contribution in [0.4, 0.5) is 4.39 Å². The van der Waals surface area contributed by atoms with Crippen LogP contribution in [0.25, 0.3) is 0 Å². The topological polar surface area (TPSA) is 35.8 Å². The van der Waals surface area contributed by atoms with Crippen LogP contribution in [0.15, 0.2) is 48.5 Å². The lowest BCUT2D eigenvalue weighted by molar-refractivity contribution is 0.544. The molecule has 0 aliphatic rings. The van der Waals surface area contributed by atoms with Crippen molar-refractivity contribution in [2.45, 2.75) is 19.5 Å². The first-order chi connectivity index (χ1) is 9.20. The molecule has 19 heavy (non-hydrogen) atoms. The zero-order chi connectivity index (χ0) is 13.7. The van der Waals surface area contributed by atoms with Gasteiger partial charge in [0.15, 0.2) is 0 Å². The molecule has 2 rings (SSSR count). The van der Waals surface area contributed by atoms with Gasteiger partial charge in [0.1, 0.15) is 5.82 Å². The van der Waals surface area contributed by atoms with Crippen LogP contribution in [-0.2, 0) is 6.54 Å². The summed E-state index contributed by atoms with van der Waals surface area (Å²) in [4.78, 5) is 0. The standard InChI is InChI=1S/C16H15FN2/c1-12(14-5-3-2-4-6-14)19-11-15-8-7-13(10-18)9-16(15)17/h2-9,12,19H,11H2,1H3/t12-/m1/s1. The maximum Gasteiger partial charge on any atom is 0.129 e. The Hall–Kier alpha value is -2.18. The van der Waals surface area contributed by atoms with E-state index in [0.29, 0.717) is 17.7 Å². The van der Waals surface area contributed by atoms with Crippen molar-refractivity contribution in [3.05, 3.63) is 71.0 Å². The highest BCUT2D eigenvalue weighted by Crippen LogP contribution is 2.14. The average Bonchev–Trinajstić information content (AvgIpc) is 2.46. The third-order valence-corrected chi connectivity index (χ3v) is 3.08. The van der Waals surface area contributed by atoms with Crippen molar-refractivity contribution in [2.24, 2.45) is 0 Å². The van der Waals surface area contributed by atoms with Crippen molar-refractivity contribution < 1.29 is 4.39 Å². The van der Waals surface area contributed by atoms with Crippen LogP contribution in [0.1, 0.15) is 29.7 Å². The summed E-state index contributed by atoms with van der Waals surface area (Å²) < 4.78 is 13.7. The van der Waals surface area contributed by atoms with Crippen molar-refractivity contribution >= 4 is 0 Å². The molecule has 0 aliphatic heterocycles. The number of hydrogen-bond donors (Lipinski definition) is 1. The van der Waals surface area contributed by atoms with Gasteiger partial charge in [-0.3, -0.25) is 0 Å². The monoisotopic (exact) mass is 254 g/mol. The SMILES string of the molecule is C[C@@H](NCc1ccc(C#N)cc1F)c1ccccc1. The largest absolute Gasteiger partial charge is 0.306 e. The van der Waals surface area contributed by atoms with Crippen molar-refractivity contribution in [3.63, 3.8) is 0 Å². The molecule has 0 heterocycles. The summed E-state index contributed by atoms with van der Waals surface area (Å²) in [5.41, 5.74) is 2.08. The van der Waals surface area contributed by atoms with E-state index in [1.807, 2.05) is 43.3 Å². The lowest BCUT2D eigenvalue weighted by Gasteiger charge is -2.14. The van der Waals surface area contributed by atoms with E-state index >= 15 is 0 Å². The minimum Gasteiger partial charge on any atom is -0.306 e. The van der Waals surface area contributed by atoms with E-state index in [2.05, 4.69) is 5.32 Å². The van der Waals surface area contributed by atoms with Crippen molar-refractivity contribution in [2.75, 3.05) is 0 Å². The summed E-state index contributed by atoms with van der Waals surface area (Å²) in [5, 5.41) is 12.0. The smallest absolute Gasteiger partial charge is 0.129 e. The normalized spacial score (nSPS) is 11.8. The predicted octanol–water partition coefficient (Wildman–Crippen LogP) is 3.55. The number of nitrogens with zero attached hydrogens (tertiary/aromatic N) is 1. The lowest BCUT2D eigenvalue weighted by atomic mass is 10.1. The molecule has 0 aromatic heterocycles. The van der Waals surface area contributed by atoms with Gasteiger partial charge in [0.25, 0.3) is 0 Å². The van der Waals surface area contributed by atoms with Crippen molar-refractivity contribution in [1.29, 1.82) is 5.26 Å². The summed E-state index contributed by atoms with van der Waals surface area (Å²) in [7, 11) is 0. The molecule has 1 N–H and O–H groups in total. The molecule has 0 unspecified atom stereocenters. The lowest BCUT2D eigenvalue weighted by Crippen LogP contribution is -2.18. The molecule has 1 atom stereocenters. The number of nitrogens with one attached hydrogen (secondary N) is 1. The van der Waals surface area contributed by atoms with E-state index in [1.165, 1.54) is 6.07 Å². The third-order valence-electron chi connectivity index (χ3n) is 3.08. The van der Waals surface area contributed by atoms with Crippen LogP contribution < -0.4 is 5.32 Å². The van der Waals surface area contributed by atoms with Gasteiger partial charge in [0, 0.05) is 18.2 Å². The first-order valence-corrected chi connectivity index (χ1v) is 6.17. The molecule has 0 saturated heterocycles. The summed E-state index contributed by atoms with van der Waals surface area (Å²) >= 11 is 0. The number of rotatable bonds is 4. The molecule has 96 valence electrons. The van der Waals surface area contributed by atoms with Crippen LogP contribution in [0.3, 0.4) is 0 Å². The fourth-order valence-corrected chi connectivity index (χ4v) is 1.88. The van der Waals surface area contributed by atoms with E-state index in [4.69, 9.17) is 5.26 Å². The summed E-state index contributed by atoms with van der Waals surface area (Å²) in [6.45, 7) is 2.48. The molecular formula is C16H15FN2. The first-order valence-electron chi connectivity index (χ1n) is 6.17. The van der Waals surface area contributed by atoms with Crippen LogP contribution in [0.5, 0.6) is 0 Å². The highest BCUT2D eigenvalue weighted by atomic mass is 19.1. The van der Waals surface area contributed by atoms with Gasteiger partial charge in [0.2, 0.25) is 0 Å². The maximum absolute atomic E-state index is 13.7. The molecule has 2 aromatic carbocycles. The number of hydrogen-bond acceptors (Lipinski definition) is 2. The second kappa shape index (κ2) is 6.12. The zero-order valence-corrected chi connectivity index (χ0v) is 10.7. The second-order valence-electron chi connectivity index (χ2n) is 4.43. The average molecular weight is 254 g/mol. The molecule has 0 saturated carbocycles. The maximum atomic E-state index is 13.7. The molecule has 0 bridgehead atoms. The van der Waals surface area contributed by atoms with Crippen LogP contribution in [0, 0.1) is 17.1 Å². The van der Waals surface area contributed by atoms with Gasteiger partial charge in [-0.15, -0.1) is 0 Å². The predicted molar refractivity (Wildman–Crippen MR) is 72.8 cm³/mol. The Morgan fingerprint density at radius 1 is 1.21 bits per heavy atom. The van der Waals surface area contributed by atoms with Gasteiger partial charge in [-0.2, -0.15) is 5.26 Å².